The van der Waals surface area contributed by atoms with E-state index in [-0.39, 0.29) is 22.2 Å². The Morgan fingerprint density at radius 3 is 2.88 bits per heavy atom. The minimum absolute atomic E-state index is 0.145. The van der Waals surface area contributed by atoms with Gasteiger partial charge in [-0.1, -0.05) is 0 Å². The topological polar surface area (TPSA) is 99.2 Å². The highest BCUT2D eigenvalue weighted by Gasteiger charge is 2.23. The zero-order valence-electron chi connectivity index (χ0n) is 13.5. The van der Waals surface area contributed by atoms with Crippen LogP contribution in [0.15, 0.2) is 21.7 Å². The quantitative estimate of drug-likeness (QED) is 0.757. The van der Waals surface area contributed by atoms with Crippen LogP contribution in [0.2, 0.25) is 0 Å². The highest BCUT2D eigenvalue weighted by atomic mass is 32.1. The molecule has 24 heavy (non-hydrogen) atoms. The molecule has 0 aromatic carbocycles. The number of amides is 1. The lowest BCUT2D eigenvalue weighted by atomic mass is 10.2. The van der Waals surface area contributed by atoms with Crippen molar-refractivity contribution in [1.82, 2.24) is 14.5 Å². The number of hydrogen-bond acceptors (Lipinski definition) is 7. The summed E-state index contributed by atoms with van der Waals surface area (Å²) < 4.78 is 11.8. The van der Waals surface area contributed by atoms with Crippen LogP contribution < -0.4 is 10.9 Å². The monoisotopic (exact) mass is 348 g/mol. The molecule has 3 heterocycles. The molecule has 0 fully saturated rings. The van der Waals surface area contributed by atoms with Crippen LogP contribution >= 0.6 is 11.3 Å². The van der Waals surface area contributed by atoms with E-state index in [4.69, 9.17) is 9.15 Å². The molecular weight excluding hydrogens is 332 g/mol. The molecule has 0 aliphatic carbocycles. The Labute approximate surface area is 141 Å². The number of nitrogens with one attached hydrogen (secondary N) is 1. The summed E-state index contributed by atoms with van der Waals surface area (Å²) in [5.74, 6) is -0.103. The molecule has 1 amide bonds. The van der Waals surface area contributed by atoms with Gasteiger partial charge in [-0.2, -0.15) is 0 Å². The molecule has 0 atom stereocenters. The standard InChI is InChI=1S/C15H16N4O4S/c1-8-6-16-15(24-8)18-12(20)10-9(2)23-13-11(10)14(21)19(7-17-13)4-5-22-3/h6-7H,4-5H2,1-3H3,(H,16,18,20). The molecule has 0 aliphatic rings. The van der Waals surface area contributed by atoms with Gasteiger partial charge in [-0.05, 0) is 13.8 Å². The summed E-state index contributed by atoms with van der Waals surface area (Å²) in [6.45, 7) is 4.23. The van der Waals surface area contributed by atoms with Gasteiger partial charge in [-0.15, -0.1) is 11.3 Å². The fourth-order valence-electron chi connectivity index (χ4n) is 2.33. The number of furan rings is 1. The van der Waals surface area contributed by atoms with Crippen LogP contribution in [0.5, 0.6) is 0 Å². The predicted molar refractivity (Wildman–Crippen MR) is 89.7 cm³/mol. The normalized spacial score (nSPS) is 11.1. The molecule has 0 unspecified atom stereocenters. The average molecular weight is 348 g/mol. The minimum atomic E-state index is -0.441. The van der Waals surface area contributed by atoms with Crippen LogP contribution in [0, 0.1) is 13.8 Å². The highest BCUT2D eigenvalue weighted by molar-refractivity contribution is 7.15. The van der Waals surface area contributed by atoms with Crippen molar-refractivity contribution in [3.63, 3.8) is 0 Å². The average Bonchev–Trinajstić information content (AvgIpc) is 3.09. The smallest absolute Gasteiger partial charge is 0.265 e. The van der Waals surface area contributed by atoms with Crippen molar-refractivity contribution in [3.05, 3.63) is 39.1 Å². The second kappa shape index (κ2) is 6.54. The molecule has 0 aliphatic heterocycles. The molecule has 9 heteroatoms. The lowest BCUT2D eigenvalue weighted by Crippen LogP contribution is -2.24. The Morgan fingerprint density at radius 2 is 2.21 bits per heavy atom. The first kappa shape index (κ1) is 16.3. The number of carbonyl (C=O) groups excluding carboxylic acids is 1. The summed E-state index contributed by atoms with van der Waals surface area (Å²) in [4.78, 5) is 34.4. The molecule has 0 radical (unpaired) electrons. The number of methoxy groups -OCH3 is 1. The first-order chi connectivity index (χ1) is 11.5. The van der Waals surface area contributed by atoms with Gasteiger partial charge < -0.3 is 9.15 Å². The molecule has 0 saturated carbocycles. The van der Waals surface area contributed by atoms with Crippen molar-refractivity contribution in [2.24, 2.45) is 0 Å². The van der Waals surface area contributed by atoms with E-state index in [2.05, 4.69) is 15.3 Å². The summed E-state index contributed by atoms with van der Waals surface area (Å²) in [5.41, 5.74) is -0.0110. The molecule has 3 rings (SSSR count). The van der Waals surface area contributed by atoms with E-state index in [1.165, 1.54) is 22.2 Å². The van der Waals surface area contributed by atoms with E-state index >= 15 is 0 Å². The van der Waals surface area contributed by atoms with Crippen LogP contribution in [-0.4, -0.2) is 34.2 Å². The molecule has 3 aromatic rings. The molecule has 3 aromatic heterocycles. The van der Waals surface area contributed by atoms with Gasteiger partial charge in [0.05, 0.1) is 18.7 Å². The molecule has 1 N–H and O–H groups in total. The summed E-state index contributed by atoms with van der Waals surface area (Å²) in [5, 5.41) is 3.33. The second-order valence-electron chi connectivity index (χ2n) is 5.18. The summed E-state index contributed by atoms with van der Waals surface area (Å²) in [7, 11) is 1.55. The number of aromatic nitrogens is 3. The Morgan fingerprint density at radius 1 is 1.42 bits per heavy atom. The van der Waals surface area contributed by atoms with E-state index in [9.17, 15) is 9.59 Å². The number of nitrogens with zero attached hydrogens (tertiary/aromatic N) is 3. The van der Waals surface area contributed by atoms with Crippen LogP contribution in [0.25, 0.3) is 11.1 Å². The lowest BCUT2D eigenvalue weighted by Gasteiger charge is -2.04. The Bertz CT molecular complexity index is 956. The zero-order valence-corrected chi connectivity index (χ0v) is 14.3. The maximum absolute atomic E-state index is 12.6. The largest absolute Gasteiger partial charge is 0.442 e. The molecule has 0 spiro atoms. The summed E-state index contributed by atoms with van der Waals surface area (Å²) in [6, 6.07) is 0. The van der Waals surface area contributed by atoms with Crippen molar-refractivity contribution < 1.29 is 13.9 Å². The fraction of sp³-hybridized carbons (Fsp3) is 0.333. The van der Waals surface area contributed by atoms with Crippen LogP contribution in [-0.2, 0) is 11.3 Å². The van der Waals surface area contributed by atoms with Gasteiger partial charge in [0.25, 0.3) is 11.5 Å². The van der Waals surface area contributed by atoms with Gasteiger partial charge >= 0.3 is 0 Å². The summed E-state index contributed by atoms with van der Waals surface area (Å²) >= 11 is 1.35. The van der Waals surface area contributed by atoms with E-state index in [0.29, 0.717) is 24.0 Å². The predicted octanol–water partition coefficient (Wildman–Crippen LogP) is 1.96. The number of fused-ring (bicyclic) bond motifs is 1. The van der Waals surface area contributed by atoms with Crippen molar-refractivity contribution in [1.29, 1.82) is 0 Å². The molecule has 126 valence electrons. The molecule has 0 saturated heterocycles. The van der Waals surface area contributed by atoms with Gasteiger partial charge in [0.2, 0.25) is 5.71 Å². The zero-order chi connectivity index (χ0) is 17.3. The number of carbonyl (C=O) groups is 1. The number of thiazole rings is 1. The number of anilines is 1. The van der Waals surface area contributed by atoms with Gasteiger partial charge in [0, 0.05) is 18.2 Å². The number of ether oxygens (including phenoxy) is 1. The first-order valence-electron chi connectivity index (χ1n) is 7.22. The maximum atomic E-state index is 12.6. The second-order valence-corrected chi connectivity index (χ2v) is 6.41. The molecule has 0 bridgehead atoms. The van der Waals surface area contributed by atoms with Crippen molar-refractivity contribution in [2.75, 3.05) is 19.0 Å². The lowest BCUT2D eigenvalue weighted by molar-refractivity contribution is 0.102. The van der Waals surface area contributed by atoms with Crippen molar-refractivity contribution in [3.8, 4) is 0 Å². The first-order valence-corrected chi connectivity index (χ1v) is 8.04. The SMILES string of the molecule is COCCn1cnc2oc(C)c(C(=O)Nc3ncc(C)s3)c2c1=O. The van der Waals surface area contributed by atoms with Crippen molar-refractivity contribution in [2.45, 2.75) is 20.4 Å². The van der Waals surface area contributed by atoms with Gasteiger partial charge in [0.1, 0.15) is 17.5 Å². The third kappa shape index (κ3) is 2.95. The van der Waals surface area contributed by atoms with Crippen LogP contribution in [0.4, 0.5) is 5.13 Å². The fourth-order valence-corrected chi connectivity index (χ4v) is 2.99. The number of rotatable bonds is 5. The maximum Gasteiger partial charge on any atom is 0.265 e. The highest BCUT2D eigenvalue weighted by Crippen LogP contribution is 2.23. The van der Waals surface area contributed by atoms with Crippen LogP contribution in [0.1, 0.15) is 21.0 Å². The number of aryl methyl sites for hydroxylation is 2. The van der Waals surface area contributed by atoms with Crippen molar-refractivity contribution >= 4 is 33.5 Å². The number of hydrogen-bond donors (Lipinski definition) is 1. The third-order valence-electron chi connectivity index (χ3n) is 3.46. The molecule has 8 nitrogen and oxygen atoms in total. The van der Waals surface area contributed by atoms with E-state index in [0.717, 1.165) is 4.88 Å². The van der Waals surface area contributed by atoms with E-state index in [1.54, 1.807) is 20.2 Å². The third-order valence-corrected chi connectivity index (χ3v) is 4.29. The Kier molecular flexibility index (Phi) is 4.45. The van der Waals surface area contributed by atoms with Crippen LogP contribution in [0.3, 0.4) is 0 Å². The Balaban J connectivity index is 2.04. The van der Waals surface area contributed by atoms with E-state index in [1.807, 2.05) is 6.92 Å². The Hall–Kier alpha value is -2.52. The van der Waals surface area contributed by atoms with Gasteiger partial charge in [-0.3, -0.25) is 19.5 Å². The van der Waals surface area contributed by atoms with E-state index < -0.39 is 5.91 Å². The van der Waals surface area contributed by atoms with Gasteiger partial charge in [-0.25, -0.2) is 9.97 Å². The summed E-state index contributed by atoms with van der Waals surface area (Å²) in [6.07, 6.45) is 3.05. The minimum Gasteiger partial charge on any atom is -0.442 e. The molecular formula is C15H16N4O4S. The van der Waals surface area contributed by atoms with Gasteiger partial charge in [0.15, 0.2) is 5.13 Å².